The predicted molar refractivity (Wildman–Crippen MR) is 167 cm³/mol. The fourth-order valence-corrected chi connectivity index (χ4v) is 7.55. The van der Waals surface area contributed by atoms with Crippen molar-refractivity contribution in [3.05, 3.63) is 83.7 Å². The molecule has 0 aliphatic carbocycles. The normalized spacial score (nSPS) is 20.6. The van der Waals surface area contributed by atoms with Gasteiger partial charge in [0.05, 0.1) is 10.9 Å². The van der Waals surface area contributed by atoms with E-state index in [2.05, 4.69) is 132 Å². The van der Waals surface area contributed by atoms with E-state index < -0.39 is 0 Å². The monoisotopic (exact) mass is 533 g/mol. The molecule has 0 fully saturated rings. The maximum atomic E-state index is 6.69. The highest BCUT2D eigenvalue weighted by molar-refractivity contribution is 6.11. The maximum absolute atomic E-state index is 6.69. The first-order chi connectivity index (χ1) is 19.1. The van der Waals surface area contributed by atoms with Gasteiger partial charge in [-0.1, -0.05) is 84.9 Å². The Balaban J connectivity index is 1.77. The summed E-state index contributed by atoms with van der Waals surface area (Å²) in [5.41, 5.74) is 8.80. The zero-order valence-corrected chi connectivity index (χ0v) is 25.6. The molecule has 3 aromatic carbocycles. The minimum atomic E-state index is -0.0515. The van der Waals surface area contributed by atoms with E-state index in [1.807, 2.05) is 0 Å². The van der Waals surface area contributed by atoms with Crippen LogP contribution in [-0.4, -0.2) is 4.57 Å². The highest BCUT2D eigenvalue weighted by atomic mass is 16.3. The van der Waals surface area contributed by atoms with Gasteiger partial charge in [0.1, 0.15) is 34.8 Å². The minimum Gasteiger partial charge on any atom is -0.456 e. The van der Waals surface area contributed by atoms with Crippen LogP contribution in [0.15, 0.2) is 71.4 Å². The number of rotatable bonds is 7. The van der Waals surface area contributed by atoms with Crippen molar-refractivity contribution in [2.24, 2.45) is 11.8 Å². The number of fused-ring (bicyclic) bond motifs is 6. The van der Waals surface area contributed by atoms with Gasteiger partial charge in [0.2, 0.25) is 0 Å². The van der Waals surface area contributed by atoms with Gasteiger partial charge in [-0.25, -0.2) is 4.57 Å². The standard InChI is InChI=1S/C37H45N2O/c1-9-36(7)30-17-13-11-15-28(30)35-38(19-20-39(35)37(36,8)10-2)33-26(21-24(3)4)23-27(22-25(5)6)34-32(33)29-16-12-14-18-31(29)40-34/h11-20,23-25H,9-10,21-22H2,1-8H3/q+1. The molecule has 0 bridgehead atoms. The second-order valence-electron chi connectivity index (χ2n) is 13.3. The third-order valence-electron chi connectivity index (χ3n) is 9.97. The molecule has 3 nitrogen and oxygen atoms in total. The first-order valence-corrected chi connectivity index (χ1v) is 15.3. The summed E-state index contributed by atoms with van der Waals surface area (Å²) in [6.07, 6.45) is 8.84. The second kappa shape index (κ2) is 9.65. The van der Waals surface area contributed by atoms with Crippen LogP contribution < -0.4 is 4.57 Å². The van der Waals surface area contributed by atoms with Crippen molar-refractivity contribution in [1.29, 1.82) is 0 Å². The van der Waals surface area contributed by atoms with Crippen molar-refractivity contribution < 1.29 is 8.98 Å². The Labute approximate surface area is 239 Å². The molecule has 2 aromatic heterocycles. The van der Waals surface area contributed by atoms with Crippen molar-refractivity contribution in [1.82, 2.24) is 4.57 Å². The van der Waals surface area contributed by atoms with Crippen LogP contribution in [0.4, 0.5) is 0 Å². The van der Waals surface area contributed by atoms with Crippen LogP contribution in [0.5, 0.6) is 0 Å². The molecule has 0 spiro atoms. The number of hydrogen-bond donors (Lipinski definition) is 0. The number of aromatic nitrogens is 2. The molecule has 0 N–H and O–H groups in total. The fourth-order valence-electron chi connectivity index (χ4n) is 7.55. The van der Waals surface area contributed by atoms with Crippen molar-refractivity contribution in [2.75, 3.05) is 0 Å². The van der Waals surface area contributed by atoms with Gasteiger partial charge in [0.15, 0.2) is 0 Å². The van der Waals surface area contributed by atoms with Crippen LogP contribution in [0.2, 0.25) is 0 Å². The number of imidazole rings is 1. The average molecular weight is 534 g/mol. The maximum Gasteiger partial charge on any atom is 0.294 e. The summed E-state index contributed by atoms with van der Waals surface area (Å²) >= 11 is 0. The van der Waals surface area contributed by atoms with E-state index in [1.165, 1.54) is 44.5 Å². The Bertz CT molecular complexity index is 1720. The Kier molecular flexibility index (Phi) is 6.48. The van der Waals surface area contributed by atoms with Gasteiger partial charge in [0.25, 0.3) is 5.82 Å². The summed E-state index contributed by atoms with van der Waals surface area (Å²) < 4.78 is 11.8. The second-order valence-corrected chi connectivity index (χ2v) is 13.3. The fraction of sp³-hybridized carbons (Fsp3) is 0.432. The van der Waals surface area contributed by atoms with Crippen molar-refractivity contribution >= 4 is 21.9 Å². The summed E-state index contributed by atoms with van der Waals surface area (Å²) in [6, 6.07) is 20.2. The molecule has 0 saturated heterocycles. The van der Waals surface area contributed by atoms with E-state index in [0.29, 0.717) is 11.8 Å². The molecule has 1 aliphatic rings. The molecule has 6 rings (SSSR count). The molecule has 40 heavy (non-hydrogen) atoms. The summed E-state index contributed by atoms with van der Waals surface area (Å²) in [5, 5.41) is 2.46. The van der Waals surface area contributed by atoms with E-state index >= 15 is 0 Å². The molecule has 2 unspecified atom stereocenters. The molecule has 3 heterocycles. The van der Waals surface area contributed by atoms with E-state index in [0.717, 1.165) is 36.8 Å². The SMILES string of the molecule is CCC1(C)c2ccccc2-c2n(-c3c(CC(C)C)cc(CC(C)C)c4oc5ccccc5c34)cc[n+]2C1(C)CC. The molecule has 3 heteroatoms. The first kappa shape index (κ1) is 26.9. The van der Waals surface area contributed by atoms with Gasteiger partial charge in [-0.3, -0.25) is 0 Å². The number of nitrogens with zero attached hydrogens (tertiary/aromatic N) is 2. The van der Waals surface area contributed by atoms with Crippen molar-refractivity contribution in [2.45, 2.75) is 92.0 Å². The van der Waals surface area contributed by atoms with Crippen LogP contribution in [0.3, 0.4) is 0 Å². The van der Waals surface area contributed by atoms with Crippen LogP contribution in [0.25, 0.3) is 39.0 Å². The lowest BCUT2D eigenvalue weighted by Gasteiger charge is -2.47. The zero-order valence-electron chi connectivity index (χ0n) is 25.6. The van der Waals surface area contributed by atoms with Crippen LogP contribution in [0, 0.1) is 11.8 Å². The molecule has 0 amide bonds. The molecule has 208 valence electrons. The van der Waals surface area contributed by atoms with E-state index in [4.69, 9.17) is 4.42 Å². The molecule has 2 atom stereocenters. The molecule has 0 radical (unpaired) electrons. The van der Waals surface area contributed by atoms with E-state index in [9.17, 15) is 0 Å². The minimum absolute atomic E-state index is 0.0295. The number of furan rings is 1. The lowest BCUT2D eigenvalue weighted by atomic mass is 9.61. The van der Waals surface area contributed by atoms with Crippen LogP contribution in [-0.2, 0) is 23.8 Å². The number of benzene rings is 3. The Morgan fingerprint density at radius 3 is 2.23 bits per heavy atom. The highest BCUT2D eigenvalue weighted by Crippen LogP contribution is 2.50. The number of para-hydroxylation sites is 1. The van der Waals surface area contributed by atoms with Gasteiger partial charge in [-0.05, 0) is 73.8 Å². The lowest BCUT2D eigenvalue weighted by molar-refractivity contribution is -0.764. The Hall–Kier alpha value is -3.33. The van der Waals surface area contributed by atoms with Crippen molar-refractivity contribution in [3.63, 3.8) is 0 Å². The van der Waals surface area contributed by atoms with E-state index in [-0.39, 0.29) is 11.0 Å². The molecule has 0 saturated carbocycles. The Morgan fingerprint density at radius 2 is 1.52 bits per heavy atom. The first-order valence-electron chi connectivity index (χ1n) is 15.3. The van der Waals surface area contributed by atoms with Gasteiger partial charge in [-0.2, -0.15) is 4.57 Å². The topological polar surface area (TPSA) is 21.9 Å². The van der Waals surface area contributed by atoms with Crippen LogP contribution >= 0.6 is 0 Å². The van der Waals surface area contributed by atoms with Gasteiger partial charge >= 0.3 is 0 Å². The largest absolute Gasteiger partial charge is 0.456 e. The molecule has 1 aliphatic heterocycles. The Morgan fingerprint density at radius 1 is 0.850 bits per heavy atom. The molecular formula is C37H45N2O+. The van der Waals surface area contributed by atoms with Gasteiger partial charge < -0.3 is 4.42 Å². The molecular weight excluding hydrogens is 488 g/mol. The third-order valence-corrected chi connectivity index (χ3v) is 9.97. The van der Waals surface area contributed by atoms with E-state index in [1.54, 1.807) is 0 Å². The summed E-state index contributed by atoms with van der Waals surface area (Å²) in [5.74, 6) is 2.36. The van der Waals surface area contributed by atoms with Crippen LogP contribution in [0.1, 0.15) is 84.9 Å². The van der Waals surface area contributed by atoms with Gasteiger partial charge in [-0.15, -0.1) is 0 Å². The number of hydrogen-bond acceptors (Lipinski definition) is 1. The summed E-state index contributed by atoms with van der Waals surface area (Å²) in [6.45, 7) is 18.9. The average Bonchev–Trinajstić information content (AvgIpc) is 3.54. The van der Waals surface area contributed by atoms with Gasteiger partial charge in [0, 0.05) is 16.4 Å². The third kappa shape index (κ3) is 3.73. The summed E-state index contributed by atoms with van der Waals surface area (Å²) in [7, 11) is 0. The van der Waals surface area contributed by atoms with Crippen molar-refractivity contribution in [3.8, 4) is 17.1 Å². The summed E-state index contributed by atoms with van der Waals surface area (Å²) in [4.78, 5) is 0. The zero-order chi connectivity index (χ0) is 28.4. The molecule has 5 aromatic rings. The smallest absolute Gasteiger partial charge is 0.294 e. The predicted octanol–water partition coefficient (Wildman–Crippen LogP) is 9.53. The lowest BCUT2D eigenvalue weighted by Crippen LogP contribution is -2.67. The highest BCUT2D eigenvalue weighted by Gasteiger charge is 2.55. The quantitative estimate of drug-likeness (QED) is 0.191.